The summed E-state index contributed by atoms with van der Waals surface area (Å²) in [6.45, 7) is 2.50. The molecule has 0 amide bonds. The summed E-state index contributed by atoms with van der Waals surface area (Å²) in [5, 5.41) is 19.4. The van der Waals surface area contributed by atoms with Crippen LogP contribution in [-0.4, -0.2) is 35.0 Å². The number of nitrogens with two attached hydrogens (primary N) is 1. The number of oxazole rings is 1. The highest BCUT2D eigenvalue weighted by Gasteiger charge is 2.20. The molecule has 1 heterocycles. The van der Waals surface area contributed by atoms with Gasteiger partial charge in [0.2, 0.25) is 5.78 Å². The number of rotatable bonds is 11. The average molecular weight is 498 g/mol. The zero-order valence-corrected chi connectivity index (χ0v) is 20.7. The van der Waals surface area contributed by atoms with Gasteiger partial charge in [0.1, 0.15) is 6.26 Å². The van der Waals surface area contributed by atoms with E-state index in [1.165, 1.54) is 25.5 Å². The van der Waals surface area contributed by atoms with Gasteiger partial charge in [0.15, 0.2) is 11.5 Å². The summed E-state index contributed by atoms with van der Waals surface area (Å²) in [5.41, 5.74) is 6.95. The van der Waals surface area contributed by atoms with Gasteiger partial charge in [-0.1, -0.05) is 50.3 Å². The van der Waals surface area contributed by atoms with Crippen LogP contribution in [-0.2, 0) is 11.2 Å². The van der Waals surface area contributed by atoms with Crippen LogP contribution in [0.5, 0.6) is 0 Å². The third-order valence-corrected chi connectivity index (χ3v) is 6.75. The zero-order chi connectivity index (χ0) is 25.4. The smallest absolute Gasteiger partial charge is 0.292 e. The standard InChI is InChI=1S/C26H32ClN5O3/c1-16-3-2-4-17(6-5-16)9-21(33)14-31-13-20(12-28)18-7-8-22(27)19(10-18)11-23(29)25(34)24-15-35-26(30)32-24/h7-8,10,12-13,15-17,28-29,31H,2-6,9,11,14H2,1H3,(H2,30,32)/b20-13+,28-12?,29-23?. The Labute approximate surface area is 210 Å². The Balaban J connectivity index is 1.60. The van der Waals surface area contributed by atoms with E-state index in [1.54, 1.807) is 24.4 Å². The van der Waals surface area contributed by atoms with Gasteiger partial charge in [0.05, 0.1) is 12.3 Å². The Morgan fingerprint density at radius 3 is 2.80 bits per heavy atom. The van der Waals surface area contributed by atoms with Crippen molar-refractivity contribution in [1.29, 1.82) is 10.8 Å². The maximum atomic E-state index is 12.5. The Kier molecular flexibility index (Phi) is 9.37. The Hall–Kier alpha value is -3.26. The molecule has 0 aliphatic heterocycles. The van der Waals surface area contributed by atoms with E-state index in [0.717, 1.165) is 25.0 Å². The first kappa shape index (κ1) is 26.3. The molecule has 1 aliphatic rings. The van der Waals surface area contributed by atoms with Crippen molar-refractivity contribution in [2.45, 2.75) is 51.9 Å². The lowest BCUT2D eigenvalue weighted by atomic mass is 9.94. The maximum absolute atomic E-state index is 12.5. The monoisotopic (exact) mass is 497 g/mol. The highest BCUT2D eigenvalue weighted by molar-refractivity contribution is 6.45. The van der Waals surface area contributed by atoms with Gasteiger partial charge in [0, 0.05) is 35.9 Å². The van der Waals surface area contributed by atoms with Gasteiger partial charge in [-0.15, -0.1) is 0 Å². The molecule has 1 fully saturated rings. The molecule has 1 aromatic heterocycles. The summed E-state index contributed by atoms with van der Waals surface area (Å²) >= 11 is 6.30. The summed E-state index contributed by atoms with van der Waals surface area (Å²) in [6, 6.07) is 5.00. The van der Waals surface area contributed by atoms with Gasteiger partial charge in [0.25, 0.3) is 6.01 Å². The van der Waals surface area contributed by atoms with Crippen LogP contribution >= 0.6 is 11.6 Å². The number of hydrogen-bond acceptors (Lipinski definition) is 8. The quantitative estimate of drug-likeness (QED) is 0.193. The fourth-order valence-electron chi connectivity index (χ4n) is 4.35. The number of nitrogens with one attached hydrogen (secondary N) is 3. The predicted molar refractivity (Wildman–Crippen MR) is 138 cm³/mol. The summed E-state index contributed by atoms with van der Waals surface area (Å²) in [4.78, 5) is 28.6. The number of aromatic nitrogens is 1. The number of carbonyl (C=O) groups excluding carboxylic acids is 2. The van der Waals surface area contributed by atoms with Gasteiger partial charge in [-0.05, 0) is 41.5 Å². The molecular weight excluding hydrogens is 466 g/mol. The number of benzene rings is 1. The fraction of sp³-hybridized carbons (Fsp3) is 0.423. The normalized spacial score (nSPS) is 18.5. The van der Waals surface area contributed by atoms with E-state index in [0.29, 0.717) is 34.1 Å². The lowest BCUT2D eigenvalue weighted by Gasteiger charge is -2.13. The molecule has 1 saturated carbocycles. The van der Waals surface area contributed by atoms with Crippen LogP contribution in [0.4, 0.5) is 6.01 Å². The van der Waals surface area contributed by atoms with Crippen LogP contribution in [0.3, 0.4) is 0 Å². The molecule has 0 radical (unpaired) electrons. The molecule has 9 heteroatoms. The number of nitrogens with zero attached hydrogens (tertiary/aromatic N) is 1. The number of nitrogen functional groups attached to an aromatic ring is 1. The van der Waals surface area contributed by atoms with Crippen molar-refractivity contribution >= 4 is 46.7 Å². The molecule has 1 aromatic carbocycles. The van der Waals surface area contributed by atoms with Crippen LogP contribution in [0.25, 0.3) is 5.57 Å². The molecule has 0 saturated heterocycles. The SMILES string of the molecule is CC1CCCC(CC(=O)CN/C=C(\C=N)c2ccc(Cl)c(CC(=N)C(=O)c3coc(N)n3)c2)CC1. The predicted octanol–water partition coefficient (Wildman–Crippen LogP) is 5.11. The highest BCUT2D eigenvalue weighted by atomic mass is 35.5. The second-order valence-corrected chi connectivity index (χ2v) is 9.62. The molecule has 1 aliphatic carbocycles. The first-order chi connectivity index (χ1) is 16.8. The molecular formula is C26H32ClN5O3. The minimum absolute atomic E-state index is 0.0184. The highest BCUT2D eigenvalue weighted by Crippen LogP contribution is 2.29. The lowest BCUT2D eigenvalue weighted by molar-refractivity contribution is -0.119. The number of anilines is 1. The zero-order valence-electron chi connectivity index (χ0n) is 19.9. The Morgan fingerprint density at radius 1 is 1.29 bits per heavy atom. The number of hydrogen-bond donors (Lipinski definition) is 4. The van der Waals surface area contributed by atoms with E-state index < -0.39 is 5.78 Å². The van der Waals surface area contributed by atoms with Gasteiger partial charge in [-0.3, -0.25) is 9.59 Å². The van der Waals surface area contributed by atoms with Gasteiger partial charge < -0.3 is 26.3 Å². The van der Waals surface area contributed by atoms with Crippen molar-refractivity contribution in [3.63, 3.8) is 0 Å². The second kappa shape index (κ2) is 12.4. The molecule has 2 atom stereocenters. The Bertz CT molecular complexity index is 1120. The minimum Gasteiger partial charge on any atom is -0.432 e. The molecule has 35 heavy (non-hydrogen) atoms. The summed E-state index contributed by atoms with van der Waals surface area (Å²) in [5.74, 6) is 0.782. The number of Topliss-reactive ketones (excluding diaryl/α,β-unsaturated/α-hetero) is 2. The third-order valence-electron chi connectivity index (χ3n) is 6.38. The van der Waals surface area contributed by atoms with Crippen LogP contribution < -0.4 is 11.1 Å². The van der Waals surface area contributed by atoms with Crippen LogP contribution in [0.15, 0.2) is 35.1 Å². The second-order valence-electron chi connectivity index (χ2n) is 9.21. The van der Waals surface area contributed by atoms with Gasteiger partial charge in [-0.25, -0.2) is 0 Å². The molecule has 8 nitrogen and oxygen atoms in total. The van der Waals surface area contributed by atoms with Crippen LogP contribution in [0.2, 0.25) is 5.02 Å². The topological polar surface area (TPSA) is 146 Å². The molecule has 0 spiro atoms. The van der Waals surface area contributed by atoms with Crippen molar-refractivity contribution in [1.82, 2.24) is 10.3 Å². The first-order valence-electron chi connectivity index (χ1n) is 11.8. The largest absolute Gasteiger partial charge is 0.432 e. The van der Waals surface area contributed by atoms with Crippen molar-refractivity contribution in [2.75, 3.05) is 12.3 Å². The minimum atomic E-state index is -0.599. The van der Waals surface area contributed by atoms with Crippen molar-refractivity contribution in [2.24, 2.45) is 11.8 Å². The fourth-order valence-corrected chi connectivity index (χ4v) is 4.54. The van der Waals surface area contributed by atoms with Crippen molar-refractivity contribution in [3.8, 4) is 0 Å². The molecule has 0 bridgehead atoms. The summed E-state index contributed by atoms with van der Waals surface area (Å²) in [6.07, 6.45) is 10.4. The van der Waals surface area contributed by atoms with E-state index in [2.05, 4.69) is 17.2 Å². The Morgan fingerprint density at radius 2 is 2.09 bits per heavy atom. The van der Waals surface area contributed by atoms with Crippen LogP contribution in [0.1, 0.15) is 67.1 Å². The number of allylic oxidation sites excluding steroid dienone is 1. The van der Waals surface area contributed by atoms with E-state index in [9.17, 15) is 9.59 Å². The van der Waals surface area contributed by atoms with Crippen LogP contribution in [0, 0.1) is 22.7 Å². The number of carbonyl (C=O) groups is 2. The van der Waals surface area contributed by atoms with E-state index in [4.69, 9.17) is 32.6 Å². The average Bonchev–Trinajstić information content (AvgIpc) is 3.16. The van der Waals surface area contributed by atoms with E-state index >= 15 is 0 Å². The molecule has 2 unspecified atom stereocenters. The molecule has 2 aromatic rings. The molecule has 5 N–H and O–H groups in total. The van der Waals surface area contributed by atoms with Crippen molar-refractivity contribution in [3.05, 3.63) is 52.5 Å². The van der Waals surface area contributed by atoms with Crippen molar-refractivity contribution < 1.29 is 14.0 Å². The van der Waals surface area contributed by atoms with Gasteiger partial charge in [-0.2, -0.15) is 4.98 Å². The number of ketones is 2. The van der Waals surface area contributed by atoms with E-state index in [1.807, 2.05) is 0 Å². The third kappa shape index (κ3) is 7.62. The number of halogens is 1. The lowest BCUT2D eigenvalue weighted by Crippen LogP contribution is -2.21. The maximum Gasteiger partial charge on any atom is 0.292 e. The molecule has 3 rings (SSSR count). The van der Waals surface area contributed by atoms with E-state index in [-0.39, 0.29) is 36.2 Å². The summed E-state index contributed by atoms with van der Waals surface area (Å²) in [7, 11) is 0. The molecule has 186 valence electrons. The van der Waals surface area contributed by atoms with Gasteiger partial charge >= 0.3 is 0 Å². The summed E-state index contributed by atoms with van der Waals surface area (Å²) < 4.78 is 4.84. The first-order valence-corrected chi connectivity index (χ1v) is 12.2.